The second-order valence-corrected chi connectivity index (χ2v) is 9.37. The lowest BCUT2D eigenvalue weighted by Crippen LogP contribution is -2.44. The van der Waals surface area contributed by atoms with Crippen molar-refractivity contribution in [2.75, 3.05) is 34.6 Å². The molecule has 2 fully saturated rings. The maximum absolute atomic E-state index is 12.6. The number of nitrogens with one attached hydrogen (secondary N) is 1. The predicted octanol–water partition coefficient (Wildman–Crippen LogP) is 2.63. The van der Waals surface area contributed by atoms with Crippen LogP contribution in [0, 0.1) is 0 Å². The minimum Gasteiger partial charge on any atom is -0.371 e. The third kappa shape index (κ3) is 3.99. The van der Waals surface area contributed by atoms with E-state index in [1.807, 2.05) is 18.2 Å². The van der Waals surface area contributed by atoms with Crippen molar-refractivity contribution in [3.05, 3.63) is 60.2 Å². The fourth-order valence-corrected chi connectivity index (χ4v) is 5.46. The van der Waals surface area contributed by atoms with E-state index in [0.717, 1.165) is 25.9 Å². The summed E-state index contributed by atoms with van der Waals surface area (Å²) < 4.78 is 25.5. The molecule has 0 bridgehead atoms. The van der Waals surface area contributed by atoms with Crippen molar-refractivity contribution in [3.63, 3.8) is 0 Å². The Balaban J connectivity index is 1.33. The van der Waals surface area contributed by atoms with Crippen molar-refractivity contribution in [2.24, 2.45) is 0 Å². The molecule has 6 nitrogen and oxygen atoms in total. The van der Waals surface area contributed by atoms with E-state index in [4.69, 9.17) is 0 Å². The van der Waals surface area contributed by atoms with Gasteiger partial charge in [-0.1, -0.05) is 18.2 Å². The van der Waals surface area contributed by atoms with Gasteiger partial charge in [0.15, 0.2) is 0 Å². The van der Waals surface area contributed by atoms with Crippen LogP contribution in [0.1, 0.15) is 29.6 Å². The predicted molar refractivity (Wildman–Crippen MR) is 111 cm³/mol. The summed E-state index contributed by atoms with van der Waals surface area (Å²) in [5.41, 5.74) is 2.41. The molecule has 0 aromatic heterocycles. The third-order valence-corrected chi connectivity index (χ3v) is 7.34. The van der Waals surface area contributed by atoms with Gasteiger partial charge >= 0.3 is 0 Å². The van der Waals surface area contributed by atoms with Crippen molar-refractivity contribution in [1.82, 2.24) is 5.32 Å². The van der Waals surface area contributed by atoms with Gasteiger partial charge in [-0.25, -0.2) is 8.42 Å². The Bertz CT molecular complexity index is 921. The lowest BCUT2D eigenvalue weighted by atomic mass is 10.0. The van der Waals surface area contributed by atoms with Gasteiger partial charge in [0.25, 0.3) is 5.91 Å². The van der Waals surface area contributed by atoms with Crippen LogP contribution in [-0.4, -0.2) is 45.8 Å². The van der Waals surface area contributed by atoms with Gasteiger partial charge in [0, 0.05) is 36.9 Å². The number of amides is 1. The molecule has 2 aromatic carbocycles. The van der Waals surface area contributed by atoms with Gasteiger partial charge in [-0.3, -0.25) is 9.10 Å². The van der Waals surface area contributed by atoms with Crippen LogP contribution >= 0.6 is 0 Å². The van der Waals surface area contributed by atoms with Crippen LogP contribution in [0.4, 0.5) is 11.4 Å². The number of carbonyl (C=O) groups excluding carboxylic acids is 1. The first-order valence-corrected chi connectivity index (χ1v) is 11.4. The third-order valence-electron chi connectivity index (χ3n) is 5.47. The quantitative estimate of drug-likeness (QED) is 0.858. The zero-order valence-electron chi connectivity index (χ0n) is 15.8. The first-order valence-electron chi connectivity index (χ1n) is 9.74. The van der Waals surface area contributed by atoms with Gasteiger partial charge in [0.2, 0.25) is 10.0 Å². The Hall–Kier alpha value is -2.54. The number of para-hydroxylation sites is 1. The molecule has 7 heteroatoms. The minimum absolute atomic E-state index is 0.103. The second kappa shape index (κ2) is 7.83. The fraction of sp³-hybridized carbons (Fsp3) is 0.381. The molecule has 2 aliphatic rings. The van der Waals surface area contributed by atoms with E-state index in [1.165, 1.54) is 9.99 Å². The topological polar surface area (TPSA) is 69.7 Å². The Morgan fingerprint density at radius 3 is 2.18 bits per heavy atom. The summed E-state index contributed by atoms with van der Waals surface area (Å²) in [4.78, 5) is 14.9. The van der Waals surface area contributed by atoms with Gasteiger partial charge in [-0.15, -0.1) is 0 Å². The molecule has 2 saturated heterocycles. The number of rotatable bonds is 4. The van der Waals surface area contributed by atoms with Crippen molar-refractivity contribution < 1.29 is 13.2 Å². The first kappa shape index (κ1) is 18.8. The fourth-order valence-electron chi connectivity index (χ4n) is 3.90. The van der Waals surface area contributed by atoms with E-state index in [9.17, 15) is 13.2 Å². The molecule has 148 valence electrons. The number of sulfonamides is 1. The number of hydrogen-bond donors (Lipinski definition) is 1. The molecule has 0 atom stereocenters. The second-order valence-electron chi connectivity index (χ2n) is 7.36. The van der Waals surface area contributed by atoms with Gasteiger partial charge in [0.05, 0.1) is 11.4 Å². The van der Waals surface area contributed by atoms with E-state index < -0.39 is 10.0 Å². The smallest absolute Gasteiger partial charge is 0.251 e. The molecule has 0 unspecified atom stereocenters. The van der Waals surface area contributed by atoms with Crippen LogP contribution < -0.4 is 14.5 Å². The molecule has 4 rings (SSSR count). The molecular formula is C21H25N3O3S. The number of nitrogens with zero attached hydrogens (tertiary/aromatic N) is 2. The molecule has 1 amide bonds. The molecule has 2 aromatic rings. The summed E-state index contributed by atoms with van der Waals surface area (Å²) in [6, 6.07) is 17.3. The summed E-state index contributed by atoms with van der Waals surface area (Å²) in [5.74, 6) is 0.0886. The zero-order chi connectivity index (χ0) is 19.6. The summed E-state index contributed by atoms with van der Waals surface area (Å²) in [7, 11) is -3.20. The van der Waals surface area contributed by atoms with Crippen LogP contribution in [0.15, 0.2) is 54.6 Å². The van der Waals surface area contributed by atoms with Gasteiger partial charge in [0.1, 0.15) is 0 Å². The monoisotopic (exact) mass is 399 g/mol. The first-order chi connectivity index (χ1) is 13.5. The van der Waals surface area contributed by atoms with Gasteiger partial charge in [-0.05, 0) is 55.7 Å². The van der Waals surface area contributed by atoms with Gasteiger partial charge < -0.3 is 10.2 Å². The Labute approximate surface area is 166 Å². The van der Waals surface area contributed by atoms with E-state index in [0.29, 0.717) is 24.2 Å². The summed E-state index contributed by atoms with van der Waals surface area (Å²) in [6.45, 7) is 2.34. The van der Waals surface area contributed by atoms with Crippen LogP contribution in [0.2, 0.25) is 0 Å². The van der Waals surface area contributed by atoms with Crippen LogP contribution in [0.25, 0.3) is 0 Å². The van der Waals surface area contributed by atoms with Crippen molar-refractivity contribution in [3.8, 4) is 0 Å². The highest BCUT2D eigenvalue weighted by Gasteiger charge is 2.28. The van der Waals surface area contributed by atoms with E-state index in [1.54, 1.807) is 24.3 Å². The molecule has 2 heterocycles. The molecule has 0 saturated carbocycles. The summed E-state index contributed by atoms with van der Waals surface area (Å²) in [6.07, 6.45) is 2.46. The maximum atomic E-state index is 12.6. The normalized spacial score (nSPS) is 19.6. The van der Waals surface area contributed by atoms with Gasteiger partial charge in [-0.2, -0.15) is 0 Å². The number of anilines is 2. The standard InChI is InChI=1S/C21H25N3O3S/c25-21(17-7-9-20(10-8-17)24-13-4-16-28(24,26)27)22-18-11-14-23(15-12-18)19-5-2-1-3-6-19/h1-3,5-10,18H,4,11-16H2,(H,22,25). The molecule has 0 aliphatic carbocycles. The minimum atomic E-state index is -3.20. The average molecular weight is 400 g/mol. The molecule has 0 radical (unpaired) electrons. The lowest BCUT2D eigenvalue weighted by Gasteiger charge is -2.34. The highest BCUT2D eigenvalue weighted by atomic mass is 32.2. The number of piperidine rings is 1. The van der Waals surface area contributed by atoms with Crippen molar-refractivity contribution in [1.29, 1.82) is 0 Å². The molecule has 1 N–H and O–H groups in total. The Kier molecular flexibility index (Phi) is 5.26. The van der Waals surface area contributed by atoms with Crippen LogP contribution in [0.3, 0.4) is 0 Å². The number of benzene rings is 2. The van der Waals surface area contributed by atoms with E-state index in [-0.39, 0.29) is 17.7 Å². The van der Waals surface area contributed by atoms with Crippen LogP contribution in [-0.2, 0) is 10.0 Å². The Morgan fingerprint density at radius 1 is 0.893 bits per heavy atom. The number of hydrogen-bond acceptors (Lipinski definition) is 4. The lowest BCUT2D eigenvalue weighted by molar-refractivity contribution is 0.0931. The molecule has 0 spiro atoms. The number of carbonyl (C=O) groups is 1. The zero-order valence-corrected chi connectivity index (χ0v) is 16.6. The Morgan fingerprint density at radius 2 is 1.57 bits per heavy atom. The summed E-state index contributed by atoms with van der Waals surface area (Å²) >= 11 is 0. The van der Waals surface area contributed by atoms with E-state index >= 15 is 0 Å². The average Bonchev–Trinajstić information content (AvgIpc) is 3.08. The van der Waals surface area contributed by atoms with Crippen molar-refractivity contribution in [2.45, 2.75) is 25.3 Å². The molecule has 28 heavy (non-hydrogen) atoms. The SMILES string of the molecule is O=C(NC1CCN(c2ccccc2)CC1)c1ccc(N2CCCS2(=O)=O)cc1. The van der Waals surface area contributed by atoms with Crippen LogP contribution in [0.5, 0.6) is 0 Å². The molecule has 2 aliphatic heterocycles. The van der Waals surface area contributed by atoms with E-state index in [2.05, 4.69) is 22.3 Å². The van der Waals surface area contributed by atoms with Crippen molar-refractivity contribution >= 4 is 27.3 Å². The maximum Gasteiger partial charge on any atom is 0.251 e. The molecular weight excluding hydrogens is 374 g/mol. The highest BCUT2D eigenvalue weighted by molar-refractivity contribution is 7.93. The largest absolute Gasteiger partial charge is 0.371 e. The summed E-state index contributed by atoms with van der Waals surface area (Å²) in [5, 5.41) is 3.11. The highest BCUT2D eigenvalue weighted by Crippen LogP contribution is 2.24.